The molecule has 2 N–H and O–H groups in total. The van der Waals surface area contributed by atoms with Crippen LogP contribution >= 0.6 is 0 Å². The van der Waals surface area contributed by atoms with Crippen molar-refractivity contribution >= 4 is 34.8 Å². The maximum absolute atomic E-state index is 13.4. The molecule has 2 fully saturated rings. The predicted octanol–water partition coefficient (Wildman–Crippen LogP) is 3.88. The molecule has 1 saturated carbocycles. The Balaban J connectivity index is 1.43. The molecule has 4 rings (SSSR count). The topological polar surface area (TPSA) is 133 Å². The van der Waals surface area contributed by atoms with Crippen molar-refractivity contribution in [2.24, 2.45) is 23.7 Å². The molecule has 1 aliphatic carbocycles. The van der Waals surface area contributed by atoms with Crippen LogP contribution < -0.4 is 10.2 Å². The van der Waals surface area contributed by atoms with Crippen LogP contribution in [0.2, 0.25) is 0 Å². The third-order valence-corrected chi connectivity index (χ3v) is 7.77. The van der Waals surface area contributed by atoms with Crippen LogP contribution in [0, 0.1) is 33.8 Å². The lowest BCUT2D eigenvalue weighted by Crippen LogP contribution is -2.49. The lowest BCUT2D eigenvalue weighted by Gasteiger charge is -2.37. The van der Waals surface area contributed by atoms with Gasteiger partial charge in [-0.2, -0.15) is 0 Å². The summed E-state index contributed by atoms with van der Waals surface area (Å²) >= 11 is 0. The first-order valence-electron chi connectivity index (χ1n) is 12.6. The van der Waals surface area contributed by atoms with E-state index in [9.17, 15) is 29.6 Å². The van der Waals surface area contributed by atoms with Gasteiger partial charge in [-0.05, 0) is 48.9 Å². The highest BCUT2D eigenvalue weighted by Gasteiger charge is 2.41. The van der Waals surface area contributed by atoms with Gasteiger partial charge in [0.05, 0.1) is 28.0 Å². The van der Waals surface area contributed by atoms with E-state index in [1.807, 2.05) is 13.8 Å². The number of piperazine rings is 1. The van der Waals surface area contributed by atoms with E-state index in [0.29, 0.717) is 50.3 Å². The van der Waals surface area contributed by atoms with Crippen LogP contribution in [0.15, 0.2) is 48.5 Å². The molecule has 2 aromatic carbocycles. The predicted molar refractivity (Wildman–Crippen MR) is 138 cm³/mol. The number of benzene rings is 2. The number of carboxylic acids is 1. The van der Waals surface area contributed by atoms with Gasteiger partial charge in [-0.1, -0.05) is 26.0 Å². The SMILES string of the molecule is CC1CC(C(=O)O)C(C(=O)Nc2ccccc2C(=O)N2CCN(c3ccc([N+](=O)[O-])cc3)CC2)CC1C. The average Bonchev–Trinajstić information content (AvgIpc) is 2.90. The Bertz CT molecular complexity index is 1180. The number of carbonyl (C=O) groups is 3. The minimum Gasteiger partial charge on any atom is -0.481 e. The molecule has 0 spiro atoms. The number of nitrogens with one attached hydrogen (secondary N) is 1. The number of nitrogens with zero attached hydrogens (tertiary/aromatic N) is 3. The lowest BCUT2D eigenvalue weighted by atomic mass is 9.69. The molecule has 1 saturated heterocycles. The van der Waals surface area contributed by atoms with E-state index in [2.05, 4.69) is 10.2 Å². The molecule has 196 valence electrons. The zero-order valence-electron chi connectivity index (χ0n) is 21.0. The first kappa shape index (κ1) is 26.1. The Morgan fingerprint density at radius 2 is 1.51 bits per heavy atom. The van der Waals surface area contributed by atoms with Crippen LogP contribution in [-0.2, 0) is 9.59 Å². The number of non-ortho nitro benzene ring substituents is 1. The lowest BCUT2D eigenvalue weighted by molar-refractivity contribution is -0.384. The van der Waals surface area contributed by atoms with Crippen molar-refractivity contribution in [1.82, 2.24) is 4.90 Å². The van der Waals surface area contributed by atoms with Crippen molar-refractivity contribution < 1.29 is 24.4 Å². The van der Waals surface area contributed by atoms with E-state index in [1.54, 1.807) is 41.3 Å². The maximum atomic E-state index is 13.4. The number of hydrogen-bond donors (Lipinski definition) is 2. The van der Waals surface area contributed by atoms with E-state index in [0.717, 1.165) is 5.69 Å². The number of amides is 2. The molecule has 37 heavy (non-hydrogen) atoms. The zero-order valence-corrected chi connectivity index (χ0v) is 21.0. The van der Waals surface area contributed by atoms with Gasteiger partial charge < -0.3 is 20.2 Å². The Labute approximate surface area is 215 Å². The Kier molecular flexibility index (Phi) is 7.75. The highest BCUT2D eigenvalue weighted by molar-refractivity contribution is 6.04. The van der Waals surface area contributed by atoms with E-state index in [4.69, 9.17) is 0 Å². The summed E-state index contributed by atoms with van der Waals surface area (Å²) in [5.41, 5.74) is 1.63. The van der Waals surface area contributed by atoms with Crippen LogP contribution in [0.5, 0.6) is 0 Å². The van der Waals surface area contributed by atoms with Gasteiger partial charge in [0.1, 0.15) is 0 Å². The second-order valence-electron chi connectivity index (χ2n) is 10.1. The van der Waals surface area contributed by atoms with Gasteiger partial charge in [0, 0.05) is 44.0 Å². The third kappa shape index (κ3) is 5.73. The van der Waals surface area contributed by atoms with Crippen molar-refractivity contribution in [2.45, 2.75) is 26.7 Å². The largest absolute Gasteiger partial charge is 0.481 e. The molecule has 2 aliphatic rings. The van der Waals surface area contributed by atoms with Crippen molar-refractivity contribution in [3.63, 3.8) is 0 Å². The summed E-state index contributed by atoms with van der Waals surface area (Å²) < 4.78 is 0. The first-order chi connectivity index (χ1) is 17.7. The summed E-state index contributed by atoms with van der Waals surface area (Å²) in [5, 5.41) is 23.5. The molecule has 10 heteroatoms. The summed E-state index contributed by atoms with van der Waals surface area (Å²) in [6.45, 7) is 6.10. The summed E-state index contributed by atoms with van der Waals surface area (Å²) in [7, 11) is 0. The molecule has 0 bridgehead atoms. The third-order valence-electron chi connectivity index (χ3n) is 7.77. The highest BCUT2D eigenvalue weighted by atomic mass is 16.6. The fraction of sp³-hybridized carbons (Fsp3) is 0.444. The number of nitro benzene ring substituents is 1. The number of nitro groups is 1. The van der Waals surface area contributed by atoms with Crippen molar-refractivity contribution in [3.05, 3.63) is 64.2 Å². The number of rotatable bonds is 6. The standard InChI is InChI=1S/C27H32N4O6/c1-17-15-22(23(27(34)35)16-18(17)2)25(32)28-24-6-4-3-5-21(24)26(33)30-13-11-29(12-14-30)19-7-9-20(10-8-19)31(36)37/h3-10,17-18,22-23H,11-16H2,1-2H3,(H,28,32)(H,34,35). The molecule has 2 aromatic rings. The molecule has 2 amide bonds. The number of carboxylic acid groups (broad SMARTS) is 1. The van der Waals surface area contributed by atoms with Gasteiger partial charge in [-0.3, -0.25) is 24.5 Å². The summed E-state index contributed by atoms with van der Waals surface area (Å²) in [6, 6.07) is 13.2. The first-order valence-corrected chi connectivity index (χ1v) is 12.6. The maximum Gasteiger partial charge on any atom is 0.307 e. The molecule has 1 aliphatic heterocycles. The summed E-state index contributed by atoms with van der Waals surface area (Å²) in [6.07, 6.45) is 0.943. The molecule has 4 unspecified atom stereocenters. The van der Waals surface area contributed by atoms with E-state index < -0.39 is 22.7 Å². The summed E-state index contributed by atoms with van der Waals surface area (Å²) in [4.78, 5) is 52.7. The average molecular weight is 509 g/mol. The number of anilines is 2. The smallest absolute Gasteiger partial charge is 0.307 e. The fourth-order valence-corrected chi connectivity index (χ4v) is 5.28. The summed E-state index contributed by atoms with van der Waals surface area (Å²) in [5.74, 6) is -2.49. The second-order valence-corrected chi connectivity index (χ2v) is 10.1. The van der Waals surface area contributed by atoms with Gasteiger partial charge in [-0.15, -0.1) is 0 Å². The van der Waals surface area contributed by atoms with Gasteiger partial charge in [0.2, 0.25) is 5.91 Å². The molecular formula is C27H32N4O6. The number of hydrogen-bond acceptors (Lipinski definition) is 6. The normalized spacial score (nSPS) is 23.8. The van der Waals surface area contributed by atoms with Crippen LogP contribution in [-0.4, -0.2) is 58.9 Å². The Morgan fingerprint density at radius 3 is 2.11 bits per heavy atom. The van der Waals surface area contributed by atoms with Crippen molar-refractivity contribution in [2.75, 3.05) is 36.4 Å². The Hall–Kier alpha value is -3.95. The van der Waals surface area contributed by atoms with Crippen LogP contribution in [0.4, 0.5) is 17.1 Å². The monoisotopic (exact) mass is 508 g/mol. The van der Waals surface area contributed by atoms with E-state index in [-0.39, 0.29) is 29.3 Å². The second kappa shape index (κ2) is 11.0. The van der Waals surface area contributed by atoms with Gasteiger partial charge in [-0.25, -0.2) is 0 Å². The van der Waals surface area contributed by atoms with Crippen LogP contribution in [0.1, 0.15) is 37.0 Å². The number of carbonyl (C=O) groups excluding carboxylic acids is 2. The molecule has 0 radical (unpaired) electrons. The Morgan fingerprint density at radius 1 is 0.919 bits per heavy atom. The fourth-order valence-electron chi connectivity index (χ4n) is 5.28. The molecule has 0 aromatic heterocycles. The zero-order chi connectivity index (χ0) is 26.7. The van der Waals surface area contributed by atoms with E-state index in [1.165, 1.54) is 12.1 Å². The van der Waals surface area contributed by atoms with Gasteiger partial charge in [0.25, 0.3) is 11.6 Å². The minimum absolute atomic E-state index is 0.0306. The van der Waals surface area contributed by atoms with Crippen molar-refractivity contribution in [3.8, 4) is 0 Å². The number of aliphatic carboxylic acids is 1. The van der Waals surface area contributed by atoms with Crippen molar-refractivity contribution in [1.29, 1.82) is 0 Å². The molecular weight excluding hydrogens is 476 g/mol. The van der Waals surface area contributed by atoms with E-state index >= 15 is 0 Å². The quantitative estimate of drug-likeness (QED) is 0.447. The van der Waals surface area contributed by atoms with Gasteiger partial charge in [0.15, 0.2) is 0 Å². The molecule has 1 heterocycles. The molecule has 10 nitrogen and oxygen atoms in total. The number of para-hydroxylation sites is 1. The van der Waals surface area contributed by atoms with Crippen LogP contribution in [0.3, 0.4) is 0 Å². The van der Waals surface area contributed by atoms with Gasteiger partial charge >= 0.3 is 5.97 Å². The highest BCUT2D eigenvalue weighted by Crippen LogP contribution is 2.38. The minimum atomic E-state index is -0.964. The molecule has 4 atom stereocenters. The van der Waals surface area contributed by atoms with Crippen LogP contribution in [0.25, 0.3) is 0 Å².